The molecule has 0 aliphatic carbocycles. The predicted octanol–water partition coefficient (Wildman–Crippen LogP) is 2.98. The molecule has 82 valence electrons. The van der Waals surface area contributed by atoms with Crippen LogP contribution in [0.4, 0.5) is 8.78 Å². The van der Waals surface area contributed by atoms with Gasteiger partial charge in [0.2, 0.25) is 0 Å². The SMILES string of the molecule is CCNCCC=Cc1cccc(F)c1F. The molecule has 0 spiro atoms. The molecule has 0 atom stereocenters. The normalized spacial score (nSPS) is 11.1. The smallest absolute Gasteiger partial charge is 0.166 e. The van der Waals surface area contributed by atoms with Crippen molar-refractivity contribution < 1.29 is 8.78 Å². The molecule has 3 heteroatoms. The molecule has 1 N–H and O–H groups in total. The minimum atomic E-state index is -0.802. The topological polar surface area (TPSA) is 12.0 Å². The third kappa shape index (κ3) is 3.80. The first-order valence-electron chi connectivity index (χ1n) is 5.07. The van der Waals surface area contributed by atoms with Crippen LogP contribution in [-0.2, 0) is 0 Å². The molecule has 0 aromatic heterocycles. The Kier molecular flexibility index (Phi) is 4.98. The molecule has 1 nitrogen and oxygen atoms in total. The van der Waals surface area contributed by atoms with Gasteiger partial charge in [0.15, 0.2) is 11.6 Å². The van der Waals surface area contributed by atoms with E-state index in [4.69, 9.17) is 0 Å². The highest BCUT2D eigenvalue weighted by Crippen LogP contribution is 2.12. The maximum Gasteiger partial charge on any atom is 0.166 e. The Morgan fingerprint density at radius 2 is 2.13 bits per heavy atom. The summed E-state index contributed by atoms with van der Waals surface area (Å²) in [6, 6.07) is 4.18. The van der Waals surface area contributed by atoms with Crippen molar-refractivity contribution in [1.29, 1.82) is 0 Å². The molecule has 0 unspecified atom stereocenters. The Morgan fingerprint density at radius 3 is 2.87 bits per heavy atom. The van der Waals surface area contributed by atoms with Gasteiger partial charge in [-0.3, -0.25) is 0 Å². The lowest BCUT2D eigenvalue weighted by molar-refractivity contribution is 0.507. The zero-order valence-electron chi connectivity index (χ0n) is 8.76. The van der Waals surface area contributed by atoms with Crippen molar-refractivity contribution in [3.8, 4) is 0 Å². The van der Waals surface area contributed by atoms with Gasteiger partial charge >= 0.3 is 0 Å². The number of halogens is 2. The lowest BCUT2D eigenvalue weighted by Crippen LogP contribution is -2.12. The van der Waals surface area contributed by atoms with Crippen molar-refractivity contribution in [2.75, 3.05) is 13.1 Å². The summed E-state index contributed by atoms with van der Waals surface area (Å²) in [5.41, 5.74) is 0.298. The molecule has 0 aliphatic heterocycles. The van der Waals surface area contributed by atoms with Crippen molar-refractivity contribution >= 4 is 6.08 Å². The van der Waals surface area contributed by atoms with E-state index >= 15 is 0 Å². The van der Waals surface area contributed by atoms with Crippen LogP contribution in [0.25, 0.3) is 6.08 Å². The van der Waals surface area contributed by atoms with Crippen LogP contribution in [0.15, 0.2) is 24.3 Å². The van der Waals surface area contributed by atoms with Crippen molar-refractivity contribution in [2.24, 2.45) is 0 Å². The Morgan fingerprint density at radius 1 is 1.33 bits per heavy atom. The first-order chi connectivity index (χ1) is 7.25. The Hall–Kier alpha value is -1.22. The summed E-state index contributed by atoms with van der Waals surface area (Å²) in [4.78, 5) is 0. The van der Waals surface area contributed by atoms with E-state index in [1.54, 1.807) is 12.1 Å². The van der Waals surface area contributed by atoms with E-state index < -0.39 is 11.6 Å². The zero-order valence-corrected chi connectivity index (χ0v) is 8.76. The third-order valence-electron chi connectivity index (χ3n) is 2.02. The highest BCUT2D eigenvalue weighted by molar-refractivity contribution is 5.49. The molecule has 0 aliphatic rings. The van der Waals surface area contributed by atoms with E-state index in [9.17, 15) is 8.78 Å². The molecule has 1 aromatic rings. The standard InChI is InChI=1S/C12H15F2N/c1-2-15-9-4-3-6-10-7-5-8-11(13)12(10)14/h3,5-8,15H,2,4,9H2,1H3. The van der Waals surface area contributed by atoms with Gasteiger partial charge in [-0.1, -0.05) is 31.2 Å². The number of hydrogen-bond donors (Lipinski definition) is 1. The van der Waals surface area contributed by atoms with E-state index in [2.05, 4.69) is 5.32 Å². The summed E-state index contributed by atoms with van der Waals surface area (Å²) in [7, 11) is 0. The van der Waals surface area contributed by atoms with Crippen LogP contribution >= 0.6 is 0 Å². The summed E-state index contributed by atoms with van der Waals surface area (Å²) in [5, 5.41) is 3.14. The van der Waals surface area contributed by atoms with E-state index in [-0.39, 0.29) is 0 Å². The molecular weight excluding hydrogens is 196 g/mol. The molecule has 0 saturated heterocycles. The van der Waals surface area contributed by atoms with Gasteiger partial charge in [0.1, 0.15) is 0 Å². The number of nitrogens with one attached hydrogen (secondary N) is 1. The van der Waals surface area contributed by atoms with Crippen molar-refractivity contribution in [2.45, 2.75) is 13.3 Å². The Balaban J connectivity index is 2.53. The van der Waals surface area contributed by atoms with Gasteiger partial charge in [-0.2, -0.15) is 0 Å². The average molecular weight is 211 g/mol. The second kappa shape index (κ2) is 6.30. The van der Waals surface area contributed by atoms with Crippen LogP contribution in [0, 0.1) is 11.6 Å². The highest BCUT2D eigenvalue weighted by Gasteiger charge is 2.03. The summed E-state index contributed by atoms with van der Waals surface area (Å²) in [6.07, 6.45) is 4.25. The van der Waals surface area contributed by atoms with Gasteiger partial charge in [-0.15, -0.1) is 0 Å². The summed E-state index contributed by atoms with van der Waals surface area (Å²) in [5.74, 6) is -1.58. The predicted molar refractivity (Wildman–Crippen MR) is 58.6 cm³/mol. The molecule has 1 aromatic carbocycles. The van der Waals surface area contributed by atoms with Gasteiger partial charge in [-0.05, 0) is 25.6 Å². The van der Waals surface area contributed by atoms with Crippen LogP contribution in [-0.4, -0.2) is 13.1 Å². The van der Waals surface area contributed by atoms with Gasteiger partial charge in [0.05, 0.1) is 0 Å². The fourth-order valence-corrected chi connectivity index (χ4v) is 1.22. The van der Waals surface area contributed by atoms with Crippen LogP contribution in [0.3, 0.4) is 0 Å². The molecule has 0 heterocycles. The quantitative estimate of drug-likeness (QED) is 0.738. The van der Waals surface area contributed by atoms with E-state index in [1.807, 2.05) is 13.0 Å². The molecule has 0 fully saturated rings. The van der Waals surface area contributed by atoms with Crippen LogP contribution < -0.4 is 5.32 Å². The second-order valence-corrected chi connectivity index (χ2v) is 3.19. The van der Waals surface area contributed by atoms with E-state index in [0.717, 1.165) is 25.6 Å². The average Bonchev–Trinajstić information content (AvgIpc) is 2.24. The first kappa shape index (κ1) is 11.9. The lowest BCUT2D eigenvalue weighted by Gasteiger charge is -1.98. The number of benzene rings is 1. The van der Waals surface area contributed by atoms with Gasteiger partial charge in [-0.25, -0.2) is 8.78 Å². The van der Waals surface area contributed by atoms with Gasteiger partial charge < -0.3 is 5.32 Å². The van der Waals surface area contributed by atoms with Crippen molar-refractivity contribution in [3.05, 3.63) is 41.5 Å². The fourth-order valence-electron chi connectivity index (χ4n) is 1.22. The first-order valence-corrected chi connectivity index (χ1v) is 5.07. The fraction of sp³-hybridized carbons (Fsp3) is 0.333. The zero-order chi connectivity index (χ0) is 11.1. The summed E-state index contributed by atoms with van der Waals surface area (Å²) >= 11 is 0. The maximum absolute atomic E-state index is 13.1. The molecule has 0 amide bonds. The molecule has 0 radical (unpaired) electrons. The Labute approximate surface area is 88.8 Å². The summed E-state index contributed by atoms with van der Waals surface area (Å²) < 4.78 is 25.9. The number of rotatable bonds is 5. The molecular formula is C12H15F2N. The van der Waals surface area contributed by atoms with Crippen LogP contribution in [0.5, 0.6) is 0 Å². The second-order valence-electron chi connectivity index (χ2n) is 3.19. The lowest BCUT2D eigenvalue weighted by atomic mass is 10.2. The van der Waals surface area contributed by atoms with Crippen LogP contribution in [0.1, 0.15) is 18.9 Å². The largest absolute Gasteiger partial charge is 0.317 e. The van der Waals surface area contributed by atoms with Crippen molar-refractivity contribution in [1.82, 2.24) is 5.32 Å². The summed E-state index contributed by atoms with van der Waals surface area (Å²) in [6.45, 7) is 3.79. The maximum atomic E-state index is 13.1. The Bertz CT molecular complexity index is 334. The molecule has 15 heavy (non-hydrogen) atoms. The van der Waals surface area contributed by atoms with Gasteiger partial charge in [0.25, 0.3) is 0 Å². The van der Waals surface area contributed by atoms with Crippen molar-refractivity contribution in [3.63, 3.8) is 0 Å². The van der Waals surface area contributed by atoms with Crippen LogP contribution in [0.2, 0.25) is 0 Å². The van der Waals surface area contributed by atoms with E-state index in [0.29, 0.717) is 5.56 Å². The molecule has 1 rings (SSSR count). The molecule has 0 saturated carbocycles. The monoisotopic (exact) mass is 211 g/mol. The minimum Gasteiger partial charge on any atom is -0.317 e. The highest BCUT2D eigenvalue weighted by atomic mass is 19.2. The minimum absolute atomic E-state index is 0.298. The third-order valence-corrected chi connectivity index (χ3v) is 2.02. The molecule has 0 bridgehead atoms. The van der Waals surface area contributed by atoms with E-state index in [1.165, 1.54) is 6.07 Å². The number of hydrogen-bond acceptors (Lipinski definition) is 1. The van der Waals surface area contributed by atoms with Gasteiger partial charge in [0, 0.05) is 5.56 Å².